The average Bonchev–Trinajstić information content (AvgIpc) is 2.45. The number of nitrogens with one attached hydrogen (secondary N) is 2. The van der Waals surface area contributed by atoms with E-state index in [0.717, 1.165) is 31.5 Å². The van der Waals surface area contributed by atoms with Crippen molar-refractivity contribution < 1.29 is 18.3 Å². The van der Waals surface area contributed by atoms with Crippen LogP contribution in [-0.4, -0.2) is 25.6 Å². The molecule has 0 saturated carbocycles. The zero-order chi connectivity index (χ0) is 14.4. The highest BCUT2D eigenvalue weighted by atomic mass is 35.5. The number of hydrogen-bond acceptors (Lipinski definition) is 3. The first-order valence-electron chi connectivity index (χ1n) is 6.67. The number of carbonyl (C=O) groups is 1. The predicted molar refractivity (Wildman–Crippen MR) is 77.8 cm³/mol. The third-order valence-corrected chi connectivity index (χ3v) is 3.30. The maximum atomic E-state index is 12.1. The van der Waals surface area contributed by atoms with Gasteiger partial charge in [0.15, 0.2) is 0 Å². The summed E-state index contributed by atoms with van der Waals surface area (Å²) in [5.74, 6) is 0.164. The zero-order valence-electron chi connectivity index (χ0n) is 11.5. The maximum Gasteiger partial charge on any atom is 0.387 e. The van der Waals surface area contributed by atoms with Gasteiger partial charge in [-0.1, -0.05) is 12.1 Å². The second kappa shape index (κ2) is 8.79. The molecule has 0 aliphatic carbocycles. The molecule has 1 saturated heterocycles. The van der Waals surface area contributed by atoms with Crippen molar-refractivity contribution in [2.24, 2.45) is 5.92 Å². The standard InChI is InChI=1S/C14H18F2N2O2.ClH/c15-14(16)20-12-3-1-2-10(8-12)9-18-13(19)11-4-6-17-7-5-11;/h1-3,8,11,14,17H,4-7,9H2,(H,18,19);1H. The molecular weight excluding hydrogens is 302 g/mol. The number of alkyl halides is 2. The molecule has 0 unspecified atom stereocenters. The lowest BCUT2D eigenvalue weighted by Gasteiger charge is -2.21. The predicted octanol–water partition coefficient (Wildman–Crippen LogP) is 2.33. The first kappa shape index (κ1) is 17.7. The topological polar surface area (TPSA) is 50.4 Å². The van der Waals surface area contributed by atoms with Crippen LogP contribution in [0.1, 0.15) is 18.4 Å². The van der Waals surface area contributed by atoms with E-state index in [9.17, 15) is 13.6 Å². The van der Waals surface area contributed by atoms with Gasteiger partial charge in [-0.25, -0.2) is 0 Å². The molecule has 0 atom stereocenters. The van der Waals surface area contributed by atoms with Crippen LogP contribution < -0.4 is 15.4 Å². The number of benzene rings is 1. The van der Waals surface area contributed by atoms with Gasteiger partial charge in [0.05, 0.1) is 0 Å². The summed E-state index contributed by atoms with van der Waals surface area (Å²) in [6.07, 6.45) is 1.67. The van der Waals surface area contributed by atoms with Crippen LogP contribution in [0.15, 0.2) is 24.3 Å². The van der Waals surface area contributed by atoms with Crippen molar-refractivity contribution in [2.75, 3.05) is 13.1 Å². The first-order chi connectivity index (χ1) is 9.65. The lowest BCUT2D eigenvalue weighted by atomic mass is 9.97. The number of rotatable bonds is 5. The molecule has 4 nitrogen and oxygen atoms in total. The molecule has 7 heteroatoms. The van der Waals surface area contributed by atoms with Gasteiger partial charge in [0.25, 0.3) is 0 Å². The van der Waals surface area contributed by atoms with E-state index in [1.54, 1.807) is 12.1 Å². The number of halogens is 3. The Bertz CT molecular complexity index is 454. The Labute approximate surface area is 128 Å². The van der Waals surface area contributed by atoms with Gasteiger partial charge < -0.3 is 15.4 Å². The molecule has 1 aliphatic rings. The quantitative estimate of drug-likeness (QED) is 0.875. The Morgan fingerprint density at radius 2 is 2.10 bits per heavy atom. The van der Waals surface area contributed by atoms with Crippen LogP contribution in [0.5, 0.6) is 5.75 Å². The van der Waals surface area contributed by atoms with E-state index in [1.165, 1.54) is 12.1 Å². The van der Waals surface area contributed by atoms with Gasteiger partial charge in [0, 0.05) is 12.5 Å². The van der Waals surface area contributed by atoms with Crippen LogP contribution in [0.4, 0.5) is 8.78 Å². The van der Waals surface area contributed by atoms with Gasteiger partial charge in [-0.15, -0.1) is 12.4 Å². The molecule has 0 aromatic heterocycles. The second-order valence-corrected chi connectivity index (χ2v) is 4.77. The fourth-order valence-electron chi connectivity index (χ4n) is 2.25. The van der Waals surface area contributed by atoms with Crippen LogP contribution in [0, 0.1) is 5.92 Å². The third kappa shape index (κ3) is 5.85. The van der Waals surface area contributed by atoms with Crippen molar-refractivity contribution in [2.45, 2.75) is 26.0 Å². The largest absolute Gasteiger partial charge is 0.435 e. The second-order valence-electron chi connectivity index (χ2n) is 4.77. The highest BCUT2D eigenvalue weighted by molar-refractivity contribution is 5.85. The van der Waals surface area contributed by atoms with E-state index in [2.05, 4.69) is 15.4 Å². The molecule has 21 heavy (non-hydrogen) atoms. The van der Waals surface area contributed by atoms with Gasteiger partial charge in [-0.05, 0) is 43.6 Å². The number of carbonyl (C=O) groups excluding carboxylic acids is 1. The number of ether oxygens (including phenoxy) is 1. The van der Waals surface area contributed by atoms with Crippen LogP contribution >= 0.6 is 12.4 Å². The summed E-state index contributed by atoms with van der Waals surface area (Å²) >= 11 is 0. The molecule has 2 N–H and O–H groups in total. The molecule has 0 radical (unpaired) electrons. The van der Waals surface area contributed by atoms with E-state index < -0.39 is 6.61 Å². The Morgan fingerprint density at radius 3 is 2.76 bits per heavy atom. The molecule has 1 aliphatic heterocycles. The van der Waals surface area contributed by atoms with Gasteiger partial charge in [0.1, 0.15) is 5.75 Å². The molecule has 118 valence electrons. The summed E-state index contributed by atoms with van der Waals surface area (Å²) in [6.45, 7) is -0.802. The molecule has 2 rings (SSSR count). The highest BCUT2D eigenvalue weighted by Gasteiger charge is 2.20. The lowest BCUT2D eigenvalue weighted by Crippen LogP contribution is -2.37. The van der Waals surface area contributed by atoms with E-state index >= 15 is 0 Å². The minimum atomic E-state index is -2.84. The Balaban J connectivity index is 0.00000220. The summed E-state index contributed by atoms with van der Waals surface area (Å²) in [7, 11) is 0. The minimum absolute atomic E-state index is 0. The van der Waals surface area contributed by atoms with Crippen molar-refractivity contribution in [3.63, 3.8) is 0 Å². The molecule has 1 aromatic carbocycles. The zero-order valence-corrected chi connectivity index (χ0v) is 12.3. The monoisotopic (exact) mass is 320 g/mol. The summed E-state index contributed by atoms with van der Waals surface area (Å²) in [4.78, 5) is 11.9. The minimum Gasteiger partial charge on any atom is -0.435 e. The van der Waals surface area contributed by atoms with Crippen molar-refractivity contribution >= 4 is 18.3 Å². The summed E-state index contributed by atoms with van der Waals surface area (Å²) in [5.41, 5.74) is 0.741. The van der Waals surface area contributed by atoms with Gasteiger partial charge >= 0.3 is 6.61 Å². The summed E-state index contributed by atoms with van der Waals surface area (Å²) in [6, 6.07) is 6.36. The van der Waals surface area contributed by atoms with Crippen molar-refractivity contribution in [3.05, 3.63) is 29.8 Å². The maximum absolute atomic E-state index is 12.1. The normalized spacial score (nSPS) is 15.4. The van der Waals surface area contributed by atoms with Crippen LogP contribution in [0.25, 0.3) is 0 Å². The molecule has 1 aromatic rings. The lowest BCUT2D eigenvalue weighted by molar-refractivity contribution is -0.125. The summed E-state index contributed by atoms with van der Waals surface area (Å²) in [5, 5.41) is 6.04. The van der Waals surface area contributed by atoms with Gasteiger partial charge in [0.2, 0.25) is 5.91 Å². The fourth-order valence-corrected chi connectivity index (χ4v) is 2.25. The molecule has 1 amide bonds. The van der Waals surface area contributed by atoms with E-state index in [-0.39, 0.29) is 30.0 Å². The average molecular weight is 321 g/mol. The first-order valence-corrected chi connectivity index (χ1v) is 6.67. The smallest absolute Gasteiger partial charge is 0.387 e. The Morgan fingerprint density at radius 1 is 1.38 bits per heavy atom. The SMILES string of the molecule is Cl.O=C(NCc1cccc(OC(F)F)c1)C1CCNCC1. The van der Waals surface area contributed by atoms with Gasteiger partial charge in [-0.2, -0.15) is 8.78 Å². The molecular formula is C14H19ClF2N2O2. The van der Waals surface area contributed by atoms with Crippen LogP contribution in [-0.2, 0) is 11.3 Å². The van der Waals surface area contributed by atoms with Crippen LogP contribution in [0.3, 0.4) is 0 Å². The molecule has 0 spiro atoms. The van der Waals surface area contributed by atoms with Crippen molar-refractivity contribution in [1.82, 2.24) is 10.6 Å². The van der Waals surface area contributed by atoms with Crippen LogP contribution in [0.2, 0.25) is 0 Å². The van der Waals surface area contributed by atoms with E-state index in [0.29, 0.717) is 6.54 Å². The van der Waals surface area contributed by atoms with Crippen molar-refractivity contribution in [1.29, 1.82) is 0 Å². The number of hydrogen-bond donors (Lipinski definition) is 2. The number of amides is 1. The summed E-state index contributed by atoms with van der Waals surface area (Å²) < 4.78 is 28.5. The van der Waals surface area contributed by atoms with Gasteiger partial charge in [-0.3, -0.25) is 4.79 Å². The Kier molecular flexibility index (Phi) is 7.39. The molecule has 1 heterocycles. The van der Waals surface area contributed by atoms with Crippen molar-refractivity contribution in [3.8, 4) is 5.75 Å². The van der Waals surface area contributed by atoms with E-state index in [1.807, 2.05) is 0 Å². The fraction of sp³-hybridized carbons (Fsp3) is 0.500. The third-order valence-electron chi connectivity index (χ3n) is 3.30. The number of piperidine rings is 1. The molecule has 0 bridgehead atoms. The van der Waals surface area contributed by atoms with E-state index in [4.69, 9.17) is 0 Å². The molecule has 1 fully saturated rings. The Hall–Kier alpha value is -1.40. The highest BCUT2D eigenvalue weighted by Crippen LogP contribution is 2.16.